The van der Waals surface area contributed by atoms with Gasteiger partial charge in [0, 0.05) is 12.3 Å². The fourth-order valence-corrected chi connectivity index (χ4v) is 4.08. The summed E-state index contributed by atoms with van der Waals surface area (Å²) in [7, 11) is 1.88. The van der Waals surface area contributed by atoms with Crippen LogP contribution in [-0.4, -0.2) is 22.5 Å². The van der Waals surface area contributed by atoms with Crippen LogP contribution in [0.4, 0.5) is 5.13 Å². The number of rotatable bonds is 3. The summed E-state index contributed by atoms with van der Waals surface area (Å²) in [5, 5.41) is 12.9. The molecule has 2 atom stereocenters. The molecule has 0 saturated heterocycles. The highest BCUT2D eigenvalue weighted by atomic mass is 32.2. The van der Waals surface area contributed by atoms with Gasteiger partial charge in [-0.1, -0.05) is 30.0 Å². The molecular formula is C9H15N3S2. The minimum Gasteiger partial charge on any atom is -0.363 e. The predicted molar refractivity (Wildman–Crippen MR) is 62.1 cm³/mol. The van der Waals surface area contributed by atoms with Gasteiger partial charge in [-0.05, 0) is 25.2 Å². The van der Waals surface area contributed by atoms with Gasteiger partial charge in [-0.2, -0.15) is 0 Å². The van der Waals surface area contributed by atoms with E-state index in [1.165, 1.54) is 19.3 Å². The van der Waals surface area contributed by atoms with Gasteiger partial charge in [-0.25, -0.2) is 0 Å². The van der Waals surface area contributed by atoms with E-state index in [0.717, 1.165) is 20.6 Å². The Morgan fingerprint density at radius 2 is 2.29 bits per heavy atom. The first kappa shape index (κ1) is 10.2. The highest BCUT2D eigenvalue weighted by molar-refractivity contribution is 8.01. The van der Waals surface area contributed by atoms with Gasteiger partial charge in [-0.3, -0.25) is 0 Å². The van der Waals surface area contributed by atoms with E-state index in [2.05, 4.69) is 22.4 Å². The summed E-state index contributed by atoms with van der Waals surface area (Å²) in [4.78, 5) is 0. The average molecular weight is 229 g/mol. The second kappa shape index (κ2) is 4.49. The van der Waals surface area contributed by atoms with Gasteiger partial charge in [0.15, 0.2) is 4.34 Å². The molecule has 0 amide bonds. The third-order valence-corrected chi connectivity index (χ3v) is 4.85. The van der Waals surface area contributed by atoms with Gasteiger partial charge in [0.1, 0.15) is 0 Å². The molecule has 0 spiro atoms. The number of nitrogens with zero attached hydrogens (tertiary/aromatic N) is 2. The first-order chi connectivity index (χ1) is 6.78. The van der Waals surface area contributed by atoms with Crippen LogP contribution in [0.2, 0.25) is 0 Å². The zero-order valence-electron chi connectivity index (χ0n) is 8.49. The van der Waals surface area contributed by atoms with Crippen molar-refractivity contribution in [1.29, 1.82) is 0 Å². The molecule has 2 unspecified atom stereocenters. The number of thioether (sulfide) groups is 1. The standard InChI is InChI=1S/C9H15N3S2/c1-6-3-4-7(5-6)13-9-12-11-8(10-2)14-9/h6-7H,3-5H2,1-2H3,(H,10,11). The van der Waals surface area contributed by atoms with Crippen LogP contribution in [0.5, 0.6) is 0 Å². The topological polar surface area (TPSA) is 37.8 Å². The molecule has 1 fully saturated rings. The van der Waals surface area contributed by atoms with Gasteiger partial charge in [0.05, 0.1) is 0 Å². The fourth-order valence-electron chi connectivity index (χ4n) is 1.76. The SMILES string of the molecule is CNc1nnc(SC2CCC(C)C2)s1. The molecule has 2 rings (SSSR count). The first-order valence-electron chi connectivity index (χ1n) is 4.96. The van der Waals surface area contributed by atoms with Crippen LogP contribution >= 0.6 is 23.1 Å². The van der Waals surface area contributed by atoms with Crippen LogP contribution in [-0.2, 0) is 0 Å². The van der Waals surface area contributed by atoms with Crippen molar-refractivity contribution in [2.24, 2.45) is 5.92 Å². The Labute approximate surface area is 92.7 Å². The van der Waals surface area contributed by atoms with E-state index in [4.69, 9.17) is 0 Å². The van der Waals surface area contributed by atoms with Crippen molar-refractivity contribution in [3.63, 3.8) is 0 Å². The summed E-state index contributed by atoms with van der Waals surface area (Å²) in [5.74, 6) is 0.893. The van der Waals surface area contributed by atoms with Crippen molar-refractivity contribution in [1.82, 2.24) is 10.2 Å². The van der Waals surface area contributed by atoms with Crippen molar-refractivity contribution >= 4 is 28.2 Å². The molecule has 1 aliphatic rings. The normalized spacial score (nSPS) is 26.7. The van der Waals surface area contributed by atoms with E-state index in [0.29, 0.717) is 0 Å². The average Bonchev–Trinajstić information content (AvgIpc) is 2.76. The van der Waals surface area contributed by atoms with Crippen LogP contribution in [0.15, 0.2) is 4.34 Å². The molecule has 0 radical (unpaired) electrons. The summed E-state index contributed by atoms with van der Waals surface area (Å²) in [6, 6.07) is 0. The maximum absolute atomic E-state index is 4.14. The molecule has 0 aliphatic heterocycles. The van der Waals surface area contributed by atoms with E-state index in [9.17, 15) is 0 Å². The number of nitrogens with one attached hydrogen (secondary N) is 1. The van der Waals surface area contributed by atoms with Crippen LogP contribution in [0.25, 0.3) is 0 Å². The van der Waals surface area contributed by atoms with Crippen molar-refractivity contribution in [3.05, 3.63) is 0 Å². The minimum atomic E-state index is 0.766. The van der Waals surface area contributed by atoms with Gasteiger partial charge in [0.25, 0.3) is 0 Å². The van der Waals surface area contributed by atoms with Crippen molar-refractivity contribution < 1.29 is 0 Å². The Balaban J connectivity index is 1.90. The fraction of sp³-hybridized carbons (Fsp3) is 0.778. The summed E-state index contributed by atoms with van der Waals surface area (Å²) in [6.07, 6.45) is 4.04. The van der Waals surface area contributed by atoms with Crippen molar-refractivity contribution in [2.45, 2.75) is 35.8 Å². The number of anilines is 1. The van der Waals surface area contributed by atoms with Crippen molar-refractivity contribution in [3.8, 4) is 0 Å². The van der Waals surface area contributed by atoms with Crippen LogP contribution < -0.4 is 5.32 Å². The van der Waals surface area contributed by atoms with Crippen molar-refractivity contribution in [2.75, 3.05) is 12.4 Å². The molecule has 1 saturated carbocycles. The Bertz CT molecular complexity index is 300. The second-order valence-electron chi connectivity index (χ2n) is 3.78. The van der Waals surface area contributed by atoms with Gasteiger partial charge < -0.3 is 5.32 Å². The Kier molecular flexibility index (Phi) is 3.28. The first-order valence-corrected chi connectivity index (χ1v) is 6.65. The van der Waals surface area contributed by atoms with E-state index < -0.39 is 0 Å². The maximum atomic E-state index is 4.14. The zero-order chi connectivity index (χ0) is 9.97. The molecule has 0 bridgehead atoms. The van der Waals surface area contributed by atoms with E-state index in [1.54, 1.807) is 11.3 Å². The smallest absolute Gasteiger partial charge is 0.206 e. The summed E-state index contributed by atoms with van der Waals surface area (Å²) in [5.41, 5.74) is 0. The maximum Gasteiger partial charge on any atom is 0.206 e. The molecule has 1 aromatic heterocycles. The monoisotopic (exact) mass is 229 g/mol. The molecule has 1 N–H and O–H groups in total. The molecular weight excluding hydrogens is 214 g/mol. The van der Waals surface area contributed by atoms with Gasteiger partial charge >= 0.3 is 0 Å². The van der Waals surface area contributed by atoms with Crippen LogP contribution in [0.1, 0.15) is 26.2 Å². The lowest BCUT2D eigenvalue weighted by Crippen LogP contribution is -1.94. The third-order valence-electron chi connectivity index (χ3n) is 2.53. The Morgan fingerprint density at radius 1 is 1.43 bits per heavy atom. The molecule has 5 heteroatoms. The van der Waals surface area contributed by atoms with E-state index in [-0.39, 0.29) is 0 Å². The summed E-state index contributed by atoms with van der Waals surface area (Å²) < 4.78 is 1.11. The van der Waals surface area contributed by atoms with E-state index in [1.807, 2.05) is 18.8 Å². The van der Waals surface area contributed by atoms with Crippen LogP contribution in [0, 0.1) is 5.92 Å². The second-order valence-corrected chi connectivity index (χ2v) is 6.31. The Morgan fingerprint density at radius 3 is 2.86 bits per heavy atom. The molecule has 1 aliphatic carbocycles. The molecule has 14 heavy (non-hydrogen) atoms. The molecule has 0 aromatic carbocycles. The number of hydrogen-bond donors (Lipinski definition) is 1. The lowest BCUT2D eigenvalue weighted by atomic mass is 10.1. The minimum absolute atomic E-state index is 0.766. The quantitative estimate of drug-likeness (QED) is 0.865. The van der Waals surface area contributed by atoms with Gasteiger partial charge in [0.2, 0.25) is 5.13 Å². The van der Waals surface area contributed by atoms with E-state index >= 15 is 0 Å². The summed E-state index contributed by atoms with van der Waals surface area (Å²) >= 11 is 3.55. The highest BCUT2D eigenvalue weighted by Gasteiger charge is 2.23. The number of hydrogen-bond acceptors (Lipinski definition) is 5. The van der Waals surface area contributed by atoms with Gasteiger partial charge in [-0.15, -0.1) is 10.2 Å². The predicted octanol–water partition coefficient (Wildman–Crippen LogP) is 2.86. The molecule has 1 aromatic rings. The molecule has 1 heterocycles. The zero-order valence-corrected chi connectivity index (χ0v) is 10.1. The lowest BCUT2D eigenvalue weighted by molar-refractivity contribution is 0.613. The lowest BCUT2D eigenvalue weighted by Gasteiger charge is -2.04. The largest absolute Gasteiger partial charge is 0.363 e. The highest BCUT2D eigenvalue weighted by Crippen LogP contribution is 2.39. The third kappa shape index (κ3) is 2.39. The number of aromatic nitrogens is 2. The summed E-state index contributed by atoms with van der Waals surface area (Å²) in [6.45, 7) is 2.33. The van der Waals surface area contributed by atoms with Crippen LogP contribution in [0.3, 0.4) is 0 Å². The Hall–Kier alpha value is -0.290. The molecule has 3 nitrogen and oxygen atoms in total. The molecule has 78 valence electrons.